The normalized spacial score (nSPS) is 12.3. The van der Waals surface area contributed by atoms with Crippen molar-refractivity contribution in [1.82, 2.24) is 10.2 Å². The van der Waals surface area contributed by atoms with Crippen LogP contribution in [0.25, 0.3) is 0 Å². The smallest absolute Gasteiger partial charge is 0.243 e. The van der Waals surface area contributed by atoms with Crippen LogP contribution in [0.1, 0.15) is 63.3 Å². The Morgan fingerprint density at radius 2 is 1.53 bits per heavy atom. The lowest BCUT2D eigenvalue weighted by molar-refractivity contribution is -0.141. The molecule has 0 aliphatic rings. The first kappa shape index (κ1) is 29.6. The number of benzene rings is 3. The standard InChI is InChI=1S/C33H41BrN2O2/c1-24(2)22-35-32(38)30(21-26-10-7-6-8-11-26)36(23-27-12-9-13-29(34)20-27)31(37)19-16-25-14-17-28(18-15-25)33(3,4)5/h6-15,17-18,20,24,30H,16,19,21-23H2,1-5H3,(H,35,38). The monoisotopic (exact) mass is 576 g/mol. The van der Waals surface area contributed by atoms with Crippen LogP contribution in [0.3, 0.4) is 0 Å². The van der Waals surface area contributed by atoms with E-state index in [0.717, 1.165) is 21.2 Å². The molecule has 0 fully saturated rings. The van der Waals surface area contributed by atoms with Crippen LogP contribution in [0, 0.1) is 5.92 Å². The maximum Gasteiger partial charge on any atom is 0.243 e. The number of nitrogens with zero attached hydrogens (tertiary/aromatic N) is 1. The number of carbonyl (C=O) groups is 2. The summed E-state index contributed by atoms with van der Waals surface area (Å²) in [6, 6.07) is 25.8. The van der Waals surface area contributed by atoms with Gasteiger partial charge in [0.15, 0.2) is 0 Å². The van der Waals surface area contributed by atoms with Crippen molar-refractivity contribution in [2.75, 3.05) is 6.54 Å². The minimum atomic E-state index is -0.606. The van der Waals surface area contributed by atoms with Crippen LogP contribution in [0.15, 0.2) is 83.3 Å². The molecule has 2 amide bonds. The lowest BCUT2D eigenvalue weighted by atomic mass is 9.86. The van der Waals surface area contributed by atoms with Gasteiger partial charge in [0, 0.05) is 30.4 Å². The number of rotatable bonds is 11. The number of nitrogens with one attached hydrogen (secondary N) is 1. The molecule has 0 saturated carbocycles. The summed E-state index contributed by atoms with van der Waals surface area (Å²) in [5.41, 5.74) is 4.49. The Balaban J connectivity index is 1.87. The van der Waals surface area contributed by atoms with Gasteiger partial charge in [-0.25, -0.2) is 0 Å². The summed E-state index contributed by atoms with van der Waals surface area (Å²) in [6.45, 7) is 11.7. The van der Waals surface area contributed by atoms with Gasteiger partial charge >= 0.3 is 0 Å². The molecule has 38 heavy (non-hydrogen) atoms. The molecule has 1 N–H and O–H groups in total. The molecule has 0 spiro atoms. The zero-order chi connectivity index (χ0) is 27.7. The second-order valence-electron chi connectivity index (χ2n) is 11.4. The van der Waals surface area contributed by atoms with Crippen LogP contribution in [0.5, 0.6) is 0 Å². The summed E-state index contributed by atoms with van der Waals surface area (Å²) in [7, 11) is 0. The summed E-state index contributed by atoms with van der Waals surface area (Å²) in [4.78, 5) is 29.2. The first-order valence-electron chi connectivity index (χ1n) is 13.5. The third-order valence-electron chi connectivity index (χ3n) is 6.65. The predicted molar refractivity (Wildman–Crippen MR) is 160 cm³/mol. The first-order chi connectivity index (χ1) is 18.0. The van der Waals surface area contributed by atoms with Crippen molar-refractivity contribution in [2.24, 2.45) is 5.92 Å². The van der Waals surface area contributed by atoms with Gasteiger partial charge in [-0.3, -0.25) is 9.59 Å². The van der Waals surface area contributed by atoms with Gasteiger partial charge in [0.1, 0.15) is 6.04 Å². The van der Waals surface area contributed by atoms with Crippen LogP contribution < -0.4 is 5.32 Å². The number of carbonyl (C=O) groups excluding carboxylic acids is 2. The van der Waals surface area contributed by atoms with Gasteiger partial charge in [0.2, 0.25) is 11.8 Å². The number of amides is 2. The van der Waals surface area contributed by atoms with E-state index in [2.05, 4.69) is 80.1 Å². The Hall–Kier alpha value is -2.92. The summed E-state index contributed by atoms with van der Waals surface area (Å²) in [5.74, 6) is 0.188. The van der Waals surface area contributed by atoms with E-state index >= 15 is 0 Å². The van der Waals surface area contributed by atoms with Crippen molar-refractivity contribution in [3.8, 4) is 0 Å². The van der Waals surface area contributed by atoms with E-state index in [1.54, 1.807) is 4.90 Å². The number of halogens is 1. The van der Waals surface area contributed by atoms with Crippen LogP contribution in [-0.4, -0.2) is 29.3 Å². The van der Waals surface area contributed by atoms with Crippen molar-refractivity contribution in [2.45, 2.75) is 71.9 Å². The van der Waals surface area contributed by atoms with Gasteiger partial charge in [-0.1, -0.05) is 117 Å². The second-order valence-corrected chi connectivity index (χ2v) is 12.4. The van der Waals surface area contributed by atoms with E-state index in [1.165, 1.54) is 5.56 Å². The maximum atomic E-state index is 13.8. The number of aryl methyl sites for hydroxylation is 1. The molecule has 0 radical (unpaired) electrons. The van der Waals surface area contributed by atoms with Gasteiger partial charge in [0.05, 0.1) is 0 Å². The van der Waals surface area contributed by atoms with E-state index in [9.17, 15) is 9.59 Å². The summed E-state index contributed by atoms with van der Waals surface area (Å²) in [6.07, 6.45) is 1.43. The van der Waals surface area contributed by atoms with E-state index in [-0.39, 0.29) is 17.2 Å². The minimum Gasteiger partial charge on any atom is -0.354 e. The topological polar surface area (TPSA) is 49.4 Å². The Labute approximate surface area is 237 Å². The first-order valence-corrected chi connectivity index (χ1v) is 14.3. The molecule has 1 unspecified atom stereocenters. The SMILES string of the molecule is CC(C)CNC(=O)C(Cc1ccccc1)N(Cc1cccc(Br)c1)C(=O)CCc1ccc(C(C)(C)C)cc1. The van der Waals surface area contributed by atoms with E-state index in [0.29, 0.717) is 38.3 Å². The van der Waals surface area contributed by atoms with Crippen molar-refractivity contribution in [3.05, 3.63) is 106 Å². The zero-order valence-electron chi connectivity index (χ0n) is 23.3. The molecule has 0 aliphatic heterocycles. The summed E-state index contributed by atoms with van der Waals surface area (Å²) >= 11 is 3.55. The van der Waals surface area contributed by atoms with Crippen LogP contribution in [-0.2, 0) is 34.4 Å². The molecule has 0 saturated heterocycles. The van der Waals surface area contributed by atoms with Gasteiger partial charge in [-0.2, -0.15) is 0 Å². The molecule has 3 aromatic carbocycles. The molecular weight excluding hydrogens is 536 g/mol. The molecular formula is C33H41BrN2O2. The minimum absolute atomic E-state index is 0.0227. The van der Waals surface area contributed by atoms with Crippen molar-refractivity contribution in [1.29, 1.82) is 0 Å². The molecule has 1 atom stereocenters. The lowest BCUT2D eigenvalue weighted by Crippen LogP contribution is -2.51. The lowest BCUT2D eigenvalue weighted by Gasteiger charge is -2.32. The molecule has 3 rings (SSSR count). The van der Waals surface area contributed by atoms with E-state index < -0.39 is 6.04 Å². The molecule has 4 nitrogen and oxygen atoms in total. The molecule has 0 aliphatic carbocycles. The average molecular weight is 578 g/mol. The molecule has 5 heteroatoms. The molecule has 3 aromatic rings. The Bertz CT molecular complexity index is 1180. The second kappa shape index (κ2) is 13.7. The summed E-state index contributed by atoms with van der Waals surface area (Å²) in [5, 5.41) is 3.09. The fraction of sp³-hybridized carbons (Fsp3) is 0.394. The van der Waals surface area contributed by atoms with Gasteiger partial charge in [-0.05, 0) is 52.1 Å². The molecule has 0 bridgehead atoms. The highest BCUT2D eigenvalue weighted by Gasteiger charge is 2.30. The maximum absolute atomic E-state index is 13.8. The van der Waals surface area contributed by atoms with Crippen LogP contribution >= 0.6 is 15.9 Å². The van der Waals surface area contributed by atoms with Crippen LogP contribution in [0.4, 0.5) is 0 Å². The fourth-order valence-electron chi connectivity index (χ4n) is 4.37. The van der Waals surface area contributed by atoms with E-state index in [1.807, 2.05) is 54.6 Å². The number of hydrogen-bond acceptors (Lipinski definition) is 2. The predicted octanol–water partition coefficient (Wildman–Crippen LogP) is 7.09. The third kappa shape index (κ3) is 9.13. The molecule has 202 valence electrons. The largest absolute Gasteiger partial charge is 0.354 e. The highest BCUT2D eigenvalue weighted by Crippen LogP contribution is 2.23. The van der Waals surface area contributed by atoms with Crippen molar-refractivity contribution < 1.29 is 9.59 Å². The Morgan fingerprint density at radius 1 is 0.868 bits per heavy atom. The highest BCUT2D eigenvalue weighted by atomic mass is 79.9. The summed E-state index contributed by atoms with van der Waals surface area (Å²) < 4.78 is 0.949. The quantitative estimate of drug-likeness (QED) is 0.265. The molecule has 0 aromatic heterocycles. The number of hydrogen-bond donors (Lipinski definition) is 1. The highest BCUT2D eigenvalue weighted by molar-refractivity contribution is 9.10. The Kier molecular flexibility index (Phi) is 10.7. The van der Waals surface area contributed by atoms with Crippen molar-refractivity contribution >= 4 is 27.7 Å². The average Bonchev–Trinajstić information content (AvgIpc) is 2.88. The fourth-order valence-corrected chi connectivity index (χ4v) is 4.82. The van der Waals surface area contributed by atoms with E-state index in [4.69, 9.17) is 0 Å². The Morgan fingerprint density at radius 3 is 2.13 bits per heavy atom. The van der Waals surface area contributed by atoms with Gasteiger partial charge < -0.3 is 10.2 Å². The zero-order valence-corrected chi connectivity index (χ0v) is 24.9. The van der Waals surface area contributed by atoms with Gasteiger partial charge in [-0.15, -0.1) is 0 Å². The van der Waals surface area contributed by atoms with Crippen molar-refractivity contribution in [3.63, 3.8) is 0 Å². The van der Waals surface area contributed by atoms with Crippen LogP contribution in [0.2, 0.25) is 0 Å². The third-order valence-corrected chi connectivity index (χ3v) is 7.14. The van der Waals surface area contributed by atoms with Gasteiger partial charge in [0.25, 0.3) is 0 Å². The molecule has 0 heterocycles.